The van der Waals surface area contributed by atoms with Crippen LogP contribution in [0.3, 0.4) is 0 Å². The van der Waals surface area contributed by atoms with E-state index in [2.05, 4.69) is 11.5 Å². The van der Waals surface area contributed by atoms with Gasteiger partial charge in [-0.2, -0.15) is 64.3 Å². The Morgan fingerprint density at radius 2 is 0.911 bits per heavy atom. The van der Waals surface area contributed by atoms with Crippen LogP contribution in [0, 0.1) is 0 Å². The molecule has 0 aliphatic rings. The van der Waals surface area contributed by atoms with Crippen LogP contribution >= 0.6 is 120 Å². The summed E-state index contributed by atoms with van der Waals surface area (Å²) in [5.74, 6) is 10.7. The normalized spacial score (nSPS) is 9.67. The zero-order valence-corrected chi connectivity index (χ0v) is 44.6. The molecule has 45 heavy (non-hydrogen) atoms. The number of amides is 2. The van der Waals surface area contributed by atoms with Crippen LogP contribution in [0.2, 0.25) is 0 Å². The van der Waals surface area contributed by atoms with Gasteiger partial charge < -0.3 is 88.3 Å². The first-order valence-electron chi connectivity index (χ1n) is 10.5. The largest absolute Gasteiger partial charge is 1.00 e. The number of hydrogen-bond donors (Lipinski definition) is 5. The SMILES string of the molecule is Cl.Cl.Cl.NC(N)=O.[N-]=C(N)SCCSCC(CSC(=[N-])N)SCCSC(=[N-])N.[Na+].[Na+].[Na+].[Na+].[OH-].[S-]CCSCC(C[S-])SCC[S-]. The number of halogens is 3. The van der Waals surface area contributed by atoms with E-state index in [0.717, 1.165) is 69.0 Å². The van der Waals surface area contributed by atoms with Crippen LogP contribution in [0.5, 0.6) is 0 Å². The predicted molar refractivity (Wildman–Crippen MR) is 216 cm³/mol. The van der Waals surface area contributed by atoms with Crippen LogP contribution in [0.15, 0.2) is 0 Å². The van der Waals surface area contributed by atoms with E-state index in [-0.39, 0.29) is 176 Å². The van der Waals surface area contributed by atoms with Gasteiger partial charge in [-0.25, -0.2) is 4.79 Å². The summed E-state index contributed by atoms with van der Waals surface area (Å²) in [5.41, 5.74) is 24.1. The molecular formula is C18H40Cl3N8Na4O2S10-3. The van der Waals surface area contributed by atoms with Crippen molar-refractivity contribution in [3.63, 3.8) is 0 Å². The molecule has 10 nitrogen and oxygen atoms in total. The van der Waals surface area contributed by atoms with Gasteiger partial charge in [-0.05, 0) is 32.3 Å². The number of urea groups is 1. The number of thioether (sulfide) groups is 7. The number of nitrogens with two attached hydrogens (primary N) is 5. The number of nitrogens with zero attached hydrogens (tertiary/aromatic N) is 3. The van der Waals surface area contributed by atoms with E-state index >= 15 is 0 Å². The molecule has 0 radical (unpaired) electrons. The molecule has 0 rings (SSSR count). The number of hydrogen-bond acceptors (Lipinski definition) is 12. The second-order valence-corrected chi connectivity index (χ2v) is 15.7. The summed E-state index contributed by atoms with van der Waals surface area (Å²) in [5, 5.41) is 27.4. The molecule has 252 valence electrons. The number of carbonyl (C=O) groups is 1. The third-order valence-corrected chi connectivity index (χ3v) is 12.8. The molecule has 0 bridgehead atoms. The Labute approximate surface area is 424 Å². The second kappa shape index (κ2) is 64.9. The monoisotopic (exact) mass is 917 g/mol. The quantitative estimate of drug-likeness (QED) is 0.0266. The maximum Gasteiger partial charge on any atom is 1.00 e. The Kier molecular flexibility index (Phi) is 115. The minimum Gasteiger partial charge on any atom is -0.870 e. The summed E-state index contributed by atoms with van der Waals surface area (Å²) >= 11 is 25.8. The van der Waals surface area contributed by atoms with Gasteiger partial charge in [0.25, 0.3) is 0 Å². The van der Waals surface area contributed by atoms with E-state index in [0.29, 0.717) is 10.5 Å². The molecule has 0 aromatic rings. The standard InChI is InChI=1S/C10H19N6S5.C7H16S5.CH4N2O.3ClH.4Na.H2O/c11-8(12)19-2-1-17-5-7(6-21-10(15)16)18-3-4-20-9(13)14;8-1-3-11-6-7(5-10)12-4-2-9;2-1(3)4;;;;;;;;/h7H,1-6H2,(H6-3,11,12,13,14,15,16);7-10H,1-6H2;(H4,2,3,4);3*1H;;;;;1H2/q-3;;;;;;4*+1;/p-4. The van der Waals surface area contributed by atoms with E-state index < -0.39 is 6.03 Å². The molecule has 0 fully saturated rings. The van der Waals surface area contributed by atoms with Gasteiger partial charge in [0, 0.05) is 45.5 Å². The average Bonchev–Trinajstić information content (AvgIpc) is 2.81. The summed E-state index contributed by atoms with van der Waals surface area (Å²) < 4.78 is 0. The molecule has 0 aliphatic carbocycles. The van der Waals surface area contributed by atoms with E-state index in [1.165, 1.54) is 35.3 Å². The minimum atomic E-state index is -0.833. The third-order valence-electron chi connectivity index (χ3n) is 3.04. The summed E-state index contributed by atoms with van der Waals surface area (Å²) in [6.45, 7) is 0. The minimum absolute atomic E-state index is 0. The van der Waals surface area contributed by atoms with Gasteiger partial charge in [0.05, 0.1) is 0 Å². The van der Waals surface area contributed by atoms with Crippen molar-refractivity contribution in [1.29, 1.82) is 0 Å². The molecule has 27 heteroatoms. The van der Waals surface area contributed by atoms with E-state index in [1.807, 2.05) is 23.5 Å². The van der Waals surface area contributed by atoms with Gasteiger partial charge in [-0.1, -0.05) is 0 Å². The first-order valence-corrected chi connectivity index (χ1v) is 19.6. The number of rotatable bonds is 19. The van der Waals surface area contributed by atoms with Crippen molar-refractivity contribution in [2.24, 2.45) is 28.7 Å². The fourth-order valence-electron chi connectivity index (χ4n) is 1.74. The molecule has 0 aromatic heterocycles. The van der Waals surface area contributed by atoms with Crippen molar-refractivity contribution in [1.82, 2.24) is 0 Å². The van der Waals surface area contributed by atoms with E-state index in [1.54, 1.807) is 23.5 Å². The van der Waals surface area contributed by atoms with Crippen molar-refractivity contribution < 1.29 is 128 Å². The molecule has 0 aromatic carbocycles. The Morgan fingerprint density at radius 3 is 1.29 bits per heavy atom. The van der Waals surface area contributed by atoms with Crippen molar-refractivity contribution >= 4 is 179 Å². The molecule has 0 saturated carbocycles. The van der Waals surface area contributed by atoms with Crippen LogP contribution in [-0.2, 0) is 37.9 Å². The summed E-state index contributed by atoms with van der Waals surface area (Å²) in [7, 11) is 0. The van der Waals surface area contributed by atoms with Crippen molar-refractivity contribution in [3.05, 3.63) is 16.2 Å². The van der Waals surface area contributed by atoms with E-state index in [9.17, 15) is 0 Å². The molecule has 0 saturated heterocycles. The summed E-state index contributed by atoms with van der Waals surface area (Å²) in [6.07, 6.45) is 0. The zero-order valence-electron chi connectivity index (χ0n) is 26.0. The predicted octanol–water partition coefficient (Wildman–Crippen LogP) is -8.74. The van der Waals surface area contributed by atoms with Gasteiger partial charge in [0.1, 0.15) is 0 Å². The number of amidine groups is 3. The summed E-state index contributed by atoms with van der Waals surface area (Å²) in [6, 6.07) is -0.833. The van der Waals surface area contributed by atoms with E-state index in [4.69, 9.17) is 76.1 Å². The molecule has 0 aliphatic heterocycles. The molecule has 2 amide bonds. The molecule has 2 unspecified atom stereocenters. The smallest absolute Gasteiger partial charge is 0.870 e. The Morgan fingerprint density at radius 1 is 0.556 bits per heavy atom. The summed E-state index contributed by atoms with van der Waals surface area (Å²) in [4.78, 5) is 9.00. The first-order chi connectivity index (χ1) is 17.5. The Hall–Kier alpha value is 6.01. The van der Waals surface area contributed by atoms with Gasteiger partial charge in [-0.3, -0.25) is 0 Å². The fraction of sp³-hybridized carbons (Fsp3) is 0.778. The van der Waals surface area contributed by atoms with Gasteiger partial charge in [-0.15, -0.1) is 72.5 Å². The number of primary amides is 2. The van der Waals surface area contributed by atoms with Crippen molar-refractivity contribution in [3.8, 4) is 0 Å². The molecule has 11 N–H and O–H groups in total. The zero-order chi connectivity index (χ0) is 28.9. The fourth-order valence-corrected chi connectivity index (χ4v) is 9.51. The maximum atomic E-state index is 9.05. The Balaban J connectivity index is -0.0000000468. The number of carbonyl (C=O) groups excluding carboxylic acids is 1. The van der Waals surface area contributed by atoms with Crippen LogP contribution in [0.25, 0.3) is 16.2 Å². The molecule has 2 atom stereocenters. The van der Waals surface area contributed by atoms with Crippen LogP contribution in [0.4, 0.5) is 4.79 Å². The molecule has 0 spiro atoms. The Bertz CT molecular complexity index is 630. The van der Waals surface area contributed by atoms with Gasteiger partial charge >= 0.3 is 124 Å². The maximum absolute atomic E-state index is 9.05. The molecule has 0 heterocycles. The van der Waals surface area contributed by atoms with Gasteiger partial charge in [0.15, 0.2) is 0 Å². The average molecular weight is 920 g/mol. The van der Waals surface area contributed by atoms with Crippen LogP contribution in [0.1, 0.15) is 0 Å². The van der Waals surface area contributed by atoms with Crippen molar-refractivity contribution in [2.45, 2.75) is 10.5 Å². The van der Waals surface area contributed by atoms with Crippen LogP contribution in [-0.4, -0.2) is 107 Å². The van der Waals surface area contributed by atoms with Crippen LogP contribution < -0.4 is 147 Å². The topological polar surface area (TPSA) is 244 Å². The third kappa shape index (κ3) is 84.2. The van der Waals surface area contributed by atoms with Crippen molar-refractivity contribution in [2.75, 3.05) is 69.0 Å². The molecular weight excluding hydrogens is 879 g/mol. The van der Waals surface area contributed by atoms with Gasteiger partial charge in [0.2, 0.25) is 0 Å². The second-order valence-electron chi connectivity index (χ2n) is 6.14. The first kappa shape index (κ1) is 79.7.